The standard InChI is InChI=1S/C29H35N5O3/c30-29(34(21-23-11-5-3-6-12-23)22-24-13-7-4-8-14-24)32-26-18-16-25(17-19-26)28(36)31-20-10-2-1-9-15-27(35)33-37/h3-8,11-14,16-19,37H,1-2,9-10,15,20-22H2,(H2,30,32)(H,31,36)(H,33,35). The molecule has 0 heterocycles. The molecular formula is C29H35N5O3. The number of hydrogen-bond donors (Lipinski definition) is 4. The van der Waals surface area contributed by atoms with Gasteiger partial charge in [0.2, 0.25) is 5.91 Å². The molecule has 0 spiro atoms. The van der Waals surface area contributed by atoms with Crippen molar-refractivity contribution in [3.05, 3.63) is 102 Å². The third-order valence-corrected chi connectivity index (χ3v) is 5.87. The van der Waals surface area contributed by atoms with Crippen LogP contribution in [-0.4, -0.2) is 34.4 Å². The summed E-state index contributed by atoms with van der Waals surface area (Å²) in [6.07, 6.45) is 3.60. The molecule has 0 saturated heterocycles. The Morgan fingerprint density at radius 1 is 0.784 bits per heavy atom. The van der Waals surface area contributed by atoms with Crippen molar-refractivity contribution < 1.29 is 14.8 Å². The number of unbranched alkanes of at least 4 members (excludes halogenated alkanes) is 3. The van der Waals surface area contributed by atoms with Gasteiger partial charge in [0.25, 0.3) is 5.91 Å². The van der Waals surface area contributed by atoms with Gasteiger partial charge in [-0.05, 0) is 48.2 Å². The van der Waals surface area contributed by atoms with Crippen LogP contribution in [0.2, 0.25) is 0 Å². The summed E-state index contributed by atoms with van der Waals surface area (Å²) in [6.45, 7) is 1.81. The molecule has 0 bridgehead atoms. The first-order chi connectivity index (χ1) is 18.0. The number of nitrogens with zero attached hydrogens (tertiary/aromatic N) is 2. The number of guanidine groups is 1. The molecule has 5 N–H and O–H groups in total. The molecule has 8 heteroatoms. The van der Waals surface area contributed by atoms with Gasteiger partial charge in [0, 0.05) is 31.6 Å². The Morgan fingerprint density at radius 3 is 1.92 bits per heavy atom. The normalized spacial score (nSPS) is 11.1. The molecule has 0 aliphatic heterocycles. The number of nitrogens with one attached hydrogen (secondary N) is 2. The first-order valence-corrected chi connectivity index (χ1v) is 12.5. The summed E-state index contributed by atoms with van der Waals surface area (Å²) in [5.41, 5.74) is 11.6. The maximum atomic E-state index is 12.4. The Balaban J connectivity index is 1.54. The van der Waals surface area contributed by atoms with E-state index in [0.717, 1.165) is 30.4 Å². The summed E-state index contributed by atoms with van der Waals surface area (Å²) >= 11 is 0. The van der Waals surface area contributed by atoms with E-state index in [1.54, 1.807) is 29.7 Å². The van der Waals surface area contributed by atoms with Crippen molar-refractivity contribution >= 4 is 23.5 Å². The maximum absolute atomic E-state index is 12.4. The van der Waals surface area contributed by atoms with Crippen molar-refractivity contribution in [2.45, 2.75) is 45.2 Å². The Hall–Kier alpha value is -4.17. The number of carbonyl (C=O) groups is 2. The Morgan fingerprint density at radius 2 is 1.35 bits per heavy atom. The Labute approximate surface area is 218 Å². The lowest BCUT2D eigenvalue weighted by atomic mass is 10.1. The predicted molar refractivity (Wildman–Crippen MR) is 145 cm³/mol. The van der Waals surface area contributed by atoms with Crippen LogP contribution in [0.1, 0.15) is 53.6 Å². The topological polar surface area (TPSA) is 120 Å². The minimum absolute atomic E-state index is 0.141. The Bertz CT molecular complexity index is 1090. The largest absolute Gasteiger partial charge is 0.369 e. The van der Waals surface area contributed by atoms with Crippen molar-refractivity contribution in [2.24, 2.45) is 10.7 Å². The molecule has 0 aromatic heterocycles. The number of carbonyl (C=O) groups excluding carboxylic acids is 2. The Kier molecular flexibility index (Phi) is 11.2. The molecule has 2 amide bonds. The van der Waals surface area contributed by atoms with Gasteiger partial charge in [-0.15, -0.1) is 0 Å². The smallest absolute Gasteiger partial charge is 0.251 e. The van der Waals surface area contributed by atoms with Crippen LogP contribution in [0.25, 0.3) is 0 Å². The van der Waals surface area contributed by atoms with Gasteiger partial charge in [-0.25, -0.2) is 10.5 Å². The molecule has 0 fully saturated rings. The lowest BCUT2D eigenvalue weighted by Crippen LogP contribution is -2.36. The van der Waals surface area contributed by atoms with Crippen LogP contribution in [0, 0.1) is 0 Å². The highest BCUT2D eigenvalue weighted by atomic mass is 16.5. The highest BCUT2D eigenvalue weighted by Gasteiger charge is 2.11. The second-order valence-corrected chi connectivity index (χ2v) is 8.80. The highest BCUT2D eigenvalue weighted by molar-refractivity contribution is 5.94. The minimum atomic E-state index is -0.372. The lowest BCUT2D eigenvalue weighted by Gasteiger charge is -2.24. The second kappa shape index (κ2) is 15.1. The van der Waals surface area contributed by atoms with Gasteiger partial charge in [0.15, 0.2) is 5.96 Å². The maximum Gasteiger partial charge on any atom is 0.251 e. The van der Waals surface area contributed by atoms with E-state index in [2.05, 4.69) is 34.6 Å². The summed E-state index contributed by atoms with van der Waals surface area (Å²) in [7, 11) is 0. The number of amides is 2. The van der Waals surface area contributed by atoms with Gasteiger partial charge in [0.1, 0.15) is 0 Å². The molecule has 0 radical (unpaired) electrons. The molecule has 0 aliphatic rings. The van der Waals surface area contributed by atoms with E-state index in [4.69, 9.17) is 10.9 Å². The van der Waals surface area contributed by atoms with E-state index in [-0.39, 0.29) is 11.8 Å². The van der Waals surface area contributed by atoms with Crippen LogP contribution in [-0.2, 0) is 17.9 Å². The lowest BCUT2D eigenvalue weighted by molar-refractivity contribution is -0.129. The average Bonchev–Trinajstić information content (AvgIpc) is 2.93. The zero-order valence-electron chi connectivity index (χ0n) is 21.0. The molecule has 194 valence electrons. The molecule has 8 nitrogen and oxygen atoms in total. The molecular weight excluding hydrogens is 466 g/mol. The van der Waals surface area contributed by atoms with Gasteiger partial charge in [-0.1, -0.05) is 73.5 Å². The third kappa shape index (κ3) is 9.77. The van der Waals surface area contributed by atoms with E-state index in [1.807, 2.05) is 41.3 Å². The van der Waals surface area contributed by atoms with Gasteiger partial charge in [-0.3, -0.25) is 14.8 Å². The first-order valence-electron chi connectivity index (χ1n) is 12.5. The van der Waals surface area contributed by atoms with E-state index in [9.17, 15) is 9.59 Å². The van der Waals surface area contributed by atoms with E-state index in [0.29, 0.717) is 49.7 Å². The summed E-state index contributed by atoms with van der Waals surface area (Å²) in [4.78, 5) is 30.1. The summed E-state index contributed by atoms with van der Waals surface area (Å²) in [6, 6.07) is 27.3. The fraction of sp³-hybridized carbons (Fsp3) is 0.276. The monoisotopic (exact) mass is 501 g/mol. The molecule has 0 unspecified atom stereocenters. The van der Waals surface area contributed by atoms with Crippen LogP contribution >= 0.6 is 0 Å². The van der Waals surface area contributed by atoms with Crippen molar-refractivity contribution in [3.63, 3.8) is 0 Å². The molecule has 0 atom stereocenters. The third-order valence-electron chi connectivity index (χ3n) is 5.87. The fourth-order valence-corrected chi connectivity index (χ4v) is 3.84. The van der Waals surface area contributed by atoms with Crippen LogP contribution in [0.3, 0.4) is 0 Å². The number of aliphatic imine (C=N–C) groups is 1. The summed E-state index contributed by atoms with van der Waals surface area (Å²) in [5.74, 6) is -0.109. The van der Waals surface area contributed by atoms with E-state index < -0.39 is 0 Å². The molecule has 0 saturated carbocycles. The average molecular weight is 502 g/mol. The van der Waals surface area contributed by atoms with Crippen molar-refractivity contribution in [1.82, 2.24) is 15.7 Å². The highest BCUT2D eigenvalue weighted by Crippen LogP contribution is 2.16. The number of benzene rings is 3. The van der Waals surface area contributed by atoms with E-state index in [1.165, 1.54) is 0 Å². The summed E-state index contributed by atoms with van der Waals surface area (Å²) < 4.78 is 0. The first kappa shape index (κ1) is 27.4. The number of rotatable bonds is 13. The van der Waals surface area contributed by atoms with Crippen LogP contribution in [0.15, 0.2) is 89.9 Å². The van der Waals surface area contributed by atoms with Crippen molar-refractivity contribution in [3.8, 4) is 0 Å². The second-order valence-electron chi connectivity index (χ2n) is 8.80. The number of nitrogens with two attached hydrogens (primary N) is 1. The SMILES string of the molecule is NC(=Nc1ccc(C(=O)NCCCCCCC(=O)NO)cc1)N(Cc1ccccc1)Cc1ccccc1. The van der Waals surface area contributed by atoms with Crippen LogP contribution < -0.4 is 16.5 Å². The number of hydroxylamine groups is 1. The molecule has 37 heavy (non-hydrogen) atoms. The zero-order valence-corrected chi connectivity index (χ0v) is 21.0. The van der Waals surface area contributed by atoms with Gasteiger partial charge in [0.05, 0.1) is 5.69 Å². The number of hydrogen-bond acceptors (Lipinski definition) is 4. The van der Waals surface area contributed by atoms with Gasteiger partial charge in [-0.2, -0.15) is 0 Å². The molecule has 3 rings (SSSR count). The van der Waals surface area contributed by atoms with Crippen LogP contribution in [0.4, 0.5) is 5.69 Å². The van der Waals surface area contributed by atoms with Gasteiger partial charge < -0.3 is 16.0 Å². The van der Waals surface area contributed by atoms with Gasteiger partial charge >= 0.3 is 0 Å². The van der Waals surface area contributed by atoms with Crippen molar-refractivity contribution in [2.75, 3.05) is 6.54 Å². The van der Waals surface area contributed by atoms with Crippen molar-refractivity contribution in [1.29, 1.82) is 0 Å². The minimum Gasteiger partial charge on any atom is -0.369 e. The fourth-order valence-electron chi connectivity index (χ4n) is 3.84. The van der Waals surface area contributed by atoms with E-state index >= 15 is 0 Å². The van der Waals surface area contributed by atoms with Crippen LogP contribution in [0.5, 0.6) is 0 Å². The molecule has 3 aromatic rings. The predicted octanol–water partition coefficient (Wildman–Crippen LogP) is 4.52. The molecule has 0 aliphatic carbocycles. The quantitative estimate of drug-likeness (QED) is 0.0902. The molecule has 3 aromatic carbocycles. The zero-order chi connectivity index (χ0) is 26.3. The summed E-state index contributed by atoms with van der Waals surface area (Å²) in [5, 5.41) is 11.4.